The number of benzene rings is 2. The van der Waals surface area contributed by atoms with E-state index in [9.17, 15) is 13.2 Å². The number of piperidine rings is 1. The zero-order valence-corrected chi connectivity index (χ0v) is 15.7. The molecule has 0 unspecified atom stereocenters. The third-order valence-electron chi connectivity index (χ3n) is 5.16. The van der Waals surface area contributed by atoms with Crippen LogP contribution in [-0.4, -0.2) is 38.3 Å². The highest BCUT2D eigenvalue weighted by Gasteiger charge is 2.30. The van der Waals surface area contributed by atoms with Crippen LogP contribution in [0.5, 0.6) is 5.75 Å². The lowest BCUT2D eigenvalue weighted by Crippen LogP contribution is -2.39. The normalized spacial score (nSPS) is 18.4. The number of hydrogen-bond donors (Lipinski definition) is 1. The van der Waals surface area contributed by atoms with Crippen molar-refractivity contribution in [3.63, 3.8) is 0 Å². The van der Waals surface area contributed by atoms with Gasteiger partial charge in [0.15, 0.2) is 6.61 Å². The van der Waals surface area contributed by atoms with Crippen molar-refractivity contribution >= 4 is 21.6 Å². The van der Waals surface area contributed by atoms with Crippen molar-refractivity contribution in [3.8, 4) is 5.75 Å². The van der Waals surface area contributed by atoms with Crippen LogP contribution in [0.2, 0.25) is 0 Å². The SMILES string of the molecule is O=C1COc2ccc(S(=O)(=O)N3CCC(Cc4ccccc4)CC3)cc2N1. The number of nitrogens with zero attached hydrogens (tertiary/aromatic N) is 1. The molecule has 7 heteroatoms. The summed E-state index contributed by atoms with van der Waals surface area (Å²) in [6.45, 7) is 0.980. The van der Waals surface area contributed by atoms with E-state index < -0.39 is 10.0 Å². The molecule has 4 rings (SSSR count). The Morgan fingerprint density at radius 1 is 1.07 bits per heavy atom. The van der Waals surface area contributed by atoms with Crippen LogP contribution in [0.25, 0.3) is 0 Å². The lowest BCUT2D eigenvalue weighted by Gasteiger charge is -2.31. The Kier molecular flexibility index (Phi) is 4.88. The molecule has 0 atom stereocenters. The van der Waals surface area contributed by atoms with Crippen molar-refractivity contribution in [1.29, 1.82) is 0 Å². The van der Waals surface area contributed by atoms with Gasteiger partial charge in [-0.25, -0.2) is 8.42 Å². The second kappa shape index (κ2) is 7.32. The zero-order valence-electron chi connectivity index (χ0n) is 14.9. The van der Waals surface area contributed by atoms with E-state index >= 15 is 0 Å². The summed E-state index contributed by atoms with van der Waals surface area (Å²) in [7, 11) is -3.58. The number of carbonyl (C=O) groups excluding carboxylic acids is 1. The summed E-state index contributed by atoms with van der Waals surface area (Å²) in [6.07, 6.45) is 2.68. The largest absolute Gasteiger partial charge is 0.482 e. The van der Waals surface area contributed by atoms with Gasteiger partial charge in [-0.05, 0) is 48.9 Å². The molecule has 1 amide bonds. The third-order valence-corrected chi connectivity index (χ3v) is 7.06. The molecule has 6 nitrogen and oxygen atoms in total. The average molecular weight is 386 g/mol. The van der Waals surface area contributed by atoms with Crippen LogP contribution in [0.3, 0.4) is 0 Å². The molecule has 2 aromatic carbocycles. The van der Waals surface area contributed by atoms with Crippen LogP contribution in [0.15, 0.2) is 53.4 Å². The number of amides is 1. The van der Waals surface area contributed by atoms with Crippen LogP contribution in [0.4, 0.5) is 5.69 Å². The summed E-state index contributed by atoms with van der Waals surface area (Å²) in [5.41, 5.74) is 1.70. The number of carbonyl (C=O) groups is 1. The molecule has 1 N–H and O–H groups in total. The van der Waals surface area contributed by atoms with E-state index in [1.54, 1.807) is 16.4 Å². The van der Waals surface area contributed by atoms with Gasteiger partial charge >= 0.3 is 0 Å². The first-order valence-electron chi connectivity index (χ1n) is 9.13. The van der Waals surface area contributed by atoms with E-state index in [0.29, 0.717) is 30.4 Å². The highest BCUT2D eigenvalue weighted by Crippen LogP contribution is 2.32. The van der Waals surface area contributed by atoms with Crippen molar-refractivity contribution in [1.82, 2.24) is 4.31 Å². The van der Waals surface area contributed by atoms with Gasteiger partial charge < -0.3 is 10.1 Å². The molecular formula is C20H22N2O4S. The van der Waals surface area contributed by atoms with Gasteiger partial charge in [-0.3, -0.25) is 4.79 Å². The molecule has 2 aliphatic heterocycles. The number of anilines is 1. The molecule has 0 radical (unpaired) electrons. The standard InChI is InChI=1S/C20H22N2O4S/c23-20-14-26-19-7-6-17(13-18(19)21-20)27(24,25)22-10-8-16(9-11-22)12-15-4-2-1-3-5-15/h1-7,13,16H,8-12,14H2,(H,21,23). The number of sulfonamides is 1. The van der Waals surface area contributed by atoms with E-state index in [1.165, 1.54) is 11.6 Å². The summed E-state index contributed by atoms with van der Waals surface area (Å²) >= 11 is 0. The van der Waals surface area contributed by atoms with Crippen LogP contribution in [0, 0.1) is 5.92 Å². The Morgan fingerprint density at radius 2 is 1.81 bits per heavy atom. The predicted octanol–water partition coefficient (Wildman–Crippen LogP) is 2.66. The molecule has 0 aromatic heterocycles. The maximum atomic E-state index is 13.0. The number of rotatable bonds is 4. The Bertz CT molecular complexity index is 936. The number of nitrogens with one attached hydrogen (secondary N) is 1. The van der Waals surface area contributed by atoms with Gasteiger partial charge in [0.05, 0.1) is 10.6 Å². The van der Waals surface area contributed by atoms with Gasteiger partial charge in [-0.2, -0.15) is 4.31 Å². The lowest BCUT2D eigenvalue weighted by atomic mass is 9.91. The Labute approximate surface area is 159 Å². The molecule has 0 bridgehead atoms. The van der Waals surface area contributed by atoms with Crippen molar-refractivity contribution in [2.75, 3.05) is 25.0 Å². The Balaban J connectivity index is 1.44. The quantitative estimate of drug-likeness (QED) is 0.877. The fourth-order valence-electron chi connectivity index (χ4n) is 3.67. The molecule has 2 aromatic rings. The van der Waals surface area contributed by atoms with E-state index in [1.807, 2.05) is 18.2 Å². The van der Waals surface area contributed by atoms with Crippen LogP contribution in [-0.2, 0) is 21.2 Å². The van der Waals surface area contributed by atoms with Gasteiger partial charge in [-0.1, -0.05) is 30.3 Å². The minimum atomic E-state index is -3.58. The minimum absolute atomic E-state index is 0.0476. The highest BCUT2D eigenvalue weighted by atomic mass is 32.2. The van der Waals surface area contributed by atoms with Gasteiger partial charge in [0.25, 0.3) is 5.91 Å². The van der Waals surface area contributed by atoms with Crippen molar-refractivity contribution in [2.24, 2.45) is 5.92 Å². The first-order chi connectivity index (χ1) is 13.0. The summed E-state index contributed by atoms with van der Waals surface area (Å²) in [5.74, 6) is 0.712. The Morgan fingerprint density at radius 3 is 2.56 bits per heavy atom. The predicted molar refractivity (Wildman–Crippen MR) is 102 cm³/mol. The molecular weight excluding hydrogens is 364 g/mol. The molecule has 1 saturated heterocycles. The van der Waals surface area contributed by atoms with E-state index in [2.05, 4.69) is 17.4 Å². The molecule has 0 aliphatic carbocycles. The highest BCUT2D eigenvalue weighted by molar-refractivity contribution is 7.89. The maximum absolute atomic E-state index is 13.0. The van der Waals surface area contributed by atoms with Crippen molar-refractivity contribution < 1.29 is 17.9 Å². The van der Waals surface area contributed by atoms with Crippen molar-refractivity contribution in [2.45, 2.75) is 24.2 Å². The first kappa shape index (κ1) is 18.0. The summed E-state index contributed by atoms with van der Waals surface area (Å²) in [5, 5.41) is 2.66. The van der Waals surface area contributed by atoms with Gasteiger partial charge in [0.2, 0.25) is 10.0 Å². The van der Waals surface area contributed by atoms with Gasteiger partial charge in [0.1, 0.15) is 5.75 Å². The van der Waals surface area contributed by atoms with Gasteiger partial charge in [0, 0.05) is 13.1 Å². The summed E-state index contributed by atoms with van der Waals surface area (Å²) < 4.78 is 32.8. The van der Waals surface area contributed by atoms with Crippen molar-refractivity contribution in [3.05, 3.63) is 54.1 Å². The topological polar surface area (TPSA) is 75.7 Å². The smallest absolute Gasteiger partial charge is 0.262 e. The fourth-order valence-corrected chi connectivity index (χ4v) is 5.17. The monoisotopic (exact) mass is 386 g/mol. The molecule has 27 heavy (non-hydrogen) atoms. The van der Waals surface area contributed by atoms with Crippen LogP contribution >= 0.6 is 0 Å². The molecule has 2 aliphatic rings. The maximum Gasteiger partial charge on any atom is 0.262 e. The molecule has 0 saturated carbocycles. The van der Waals surface area contributed by atoms with E-state index in [4.69, 9.17) is 4.74 Å². The first-order valence-corrected chi connectivity index (χ1v) is 10.6. The van der Waals surface area contributed by atoms with Crippen LogP contribution < -0.4 is 10.1 Å². The molecule has 142 valence electrons. The number of hydrogen-bond acceptors (Lipinski definition) is 4. The zero-order chi connectivity index (χ0) is 18.9. The second-order valence-corrected chi connectivity index (χ2v) is 8.97. The fraction of sp³-hybridized carbons (Fsp3) is 0.350. The molecule has 0 spiro atoms. The summed E-state index contributed by atoms with van der Waals surface area (Å²) in [6, 6.07) is 14.9. The minimum Gasteiger partial charge on any atom is -0.482 e. The number of ether oxygens (including phenoxy) is 1. The number of fused-ring (bicyclic) bond motifs is 1. The third kappa shape index (κ3) is 3.84. The Hall–Kier alpha value is -2.38. The lowest BCUT2D eigenvalue weighted by molar-refractivity contribution is -0.118. The average Bonchev–Trinajstić information content (AvgIpc) is 2.68. The van der Waals surface area contributed by atoms with E-state index in [-0.39, 0.29) is 17.4 Å². The molecule has 1 fully saturated rings. The van der Waals surface area contributed by atoms with Gasteiger partial charge in [-0.15, -0.1) is 0 Å². The summed E-state index contributed by atoms with van der Waals surface area (Å²) in [4.78, 5) is 11.7. The second-order valence-electron chi connectivity index (χ2n) is 7.03. The van der Waals surface area contributed by atoms with E-state index in [0.717, 1.165) is 19.3 Å². The van der Waals surface area contributed by atoms with Crippen LogP contribution in [0.1, 0.15) is 18.4 Å². The molecule has 2 heterocycles.